The van der Waals surface area contributed by atoms with Gasteiger partial charge < -0.3 is 14.2 Å². The van der Waals surface area contributed by atoms with Gasteiger partial charge in [-0.3, -0.25) is 0 Å². The zero-order valence-corrected chi connectivity index (χ0v) is 12.7. The summed E-state index contributed by atoms with van der Waals surface area (Å²) in [4.78, 5) is 0. The Morgan fingerprint density at radius 1 is 0.611 bits per heavy atom. The van der Waals surface area contributed by atoms with Crippen molar-refractivity contribution in [3.05, 3.63) is 18.2 Å². The van der Waals surface area contributed by atoms with E-state index >= 15 is 0 Å². The van der Waals surface area contributed by atoms with Crippen molar-refractivity contribution < 1.29 is 14.2 Å². The van der Waals surface area contributed by atoms with Crippen molar-refractivity contribution in [2.45, 2.75) is 0 Å². The topological polar surface area (TPSA) is 27.7 Å². The van der Waals surface area contributed by atoms with Crippen LogP contribution in [0.5, 0.6) is 17.2 Å². The van der Waals surface area contributed by atoms with E-state index in [1.54, 1.807) is 0 Å². The van der Waals surface area contributed by atoms with Crippen LogP contribution < -0.4 is 14.2 Å². The second-order valence-corrected chi connectivity index (χ2v) is 4.70. The molecule has 6 heteroatoms. The summed E-state index contributed by atoms with van der Waals surface area (Å²) in [7, 11) is 0. The Hall–Kier alpha value is -0.330. The van der Waals surface area contributed by atoms with E-state index in [0.29, 0.717) is 37.1 Å². The normalized spacial score (nSPS) is 10.2. The number of ether oxygens (including phenoxy) is 3. The molecular weight excluding hydrogens is 288 g/mol. The van der Waals surface area contributed by atoms with E-state index in [-0.39, 0.29) is 0 Å². The molecular formula is C12H18O3S3. The Morgan fingerprint density at radius 3 is 1.11 bits per heavy atom. The molecule has 0 bridgehead atoms. The smallest absolute Gasteiger partial charge is 0.126 e. The van der Waals surface area contributed by atoms with Crippen LogP contribution in [0.1, 0.15) is 0 Å². The van der Waals surface area contributed by atoms with E-state index in [0.717, 1.165) is 17.2 Å². The summed E-state index contributed by atoms with van der Waals surface area (Å²) in [5.74, 6) is 4.14. The fourth-order valence-electron chi connectivity index (χ4n) is 1.29. The monoisotopic (exact) mass is 306 g/mol. The van der Waals surface area contributed by atoms with Gasteiger partial charge in [-0.15, -0.1) is 0 Å². The van der Waals surface area contributed by atoms with Crippen LogP contribution in [-0.4, -0.2) is 37.1 Å². The molecule has 102 valence electrons. The molecule has 0 saturated carbocycles. The molecule has 0 fully saturated rings. The Kier molecular flexibility index (Phi) is 8.37. The van der Waals surface area contributed by atoms with Crippen LogP contribution in [0.3, 0.4) is 0 Å². The molecule has 0 amide bonds. The van der Waals surface area contributed by atoms with Gasteiger partial charge >= 0.3 is 0 Å². The maximum Gasteiger partial charge on any atom is 0.126 e. The molecule has 0 N–H and O–H groups in total. The van der Waals surface area contributed by atoms with Gasteiger partial charge in [0.25, 0.3) is 0 Å². The minimum atomic E-state index is 0.547. The van der Waals surface area contributed by atoms with Crippen LogP contribution in [0.4, 0.5) is 0 Å². The average Bonchev–Trinajstić information content (AvgIpc) is 2.40. The Labute approximate surface area is 124 Å². The van der Waals surface area contributed by atoms with Crippen LogP contribution in [0.15, 0.2) is 18.2 Å². The SMILES string of the molecule is SCCOc1cc(OCCS)cc(OCCS)c1. The average molecular weight is 306 g/mol. The predicted octanol–water partition coefficient (Wildman–Crippen LogP) is 2.61. The van der Waals surface area contributed by atoms with Crippen LogP contribution in [0, 0.1) is 0 Å². The highest BCUT2D eigenvalue weighted by Crippen LogP contribution is 2.28. The lowest BCUT2D eigenvalue weighted by Crippen LogP contribution is -2.03. The summed E-state index contributed by atoms with van der Waals surface area (Å²) in [5.41, 5.74) is 0. The van der Waals surface area contributed by atoms with Crippen molar-refractivity contribution in [2.75, 3.05) is 37.1 Å². The first-order valence-electron chi connectivity index (χ1n) is 5.66. The summed E-state index contributed by atoms with van der Waals surface area (Å²) in [6.07, 6.45) is 0. The van der Waals surface area contributed by atoms with Crippen LogP contribution >= 0.6 is 37.9 Å². The van der Waals surface area contributed by atoms with E-state index in [4.69, 9.17) is 14.2 Å². The van der Waals surface area contributed by atoms with Gasteiger partial charge in [0.2, 0.25) is 0 Å². The molecule has 0 aromatic heterocycles. The van der Waals surface area contributed by atoms with Gasteiger partial charge in [-0.1, -0.05) is 0 Å². The highest BCUT2D eigenvalue weighted by Gasteiger charge is 2.04. The third-order valence-electron chi connectivity index (χ3n) is 1.93. The second-order valence-electron chi connectivity index (χ2n) is 3.36. The van der Waals surface area contributed by atoms with Gasteiger partial charge in [-0.25, -0.2) is 0 Å². The maximum atomic E-state index is 5.52. The van der Waals surface area contributed by atoms with Crippen LogP contribution in [-0.2, 0) is 0 Å². The quantitative estimate of drug-likeness (QED) is 0.612. The highest BCUT2D eigenvalue weighted by atomic mass is 32.1. The standard InChI is InChI=1S/C12H18O3S3/c16-4-1-13-10-7-11(14-2-5-17)9-12(8-10)15-3-6-18/h7-9,16-18H,1-6H2. The third kappa shape index (κ3) is 6.02. The summed E-state index contributed by atoms with van der Waals surface area (Å²) in [6.45, 7) is 1.64. The molecule has 0 aliphatic rings. The summed E-state index contributed by atoms with van der Waals surface area (Å²) < 4.78 is 16.6. The molecule has 3 nitrogen and oxygen atoms in total. The molecule has 0 spiro atoms. The van der Waals surface area contributed by atoms with E-state index in [2.05, 4.69) is 37.9 Å². The van der Waals surface area contributed by atoms with E-state index in [1.807, 2.05) is 18.2 Å². The van der Waals surface area contributed by atoms with Gasteiger partial charge in [0.15, 0.2) is 0 Å². The van der Waals surface area contributed by atoms with Crippen molar-refractivity contribution >= 4 is 37.9 Å². The molecule has 0 atom stereocenters. The number of benzene rings is 1. The van der Waals surface area contributed by atoms with Crippen molar-refractivity contribution in [2.24, 2.45) is 0 Å². The Bertz CT molecular complexity index is 283. The first-order valence-corrected chi connectivity index (χ1v) is 7.56. The van der Waals surface area contributed by atoms with E-state index in [1.165, 1.54) is 0 Å². The molecule has 0 unspecified atom stereocenters. The largest absolute Gasteiger partial charge is 0.492 e. The highest BCUT2D eigenvalue weighted by molar-refractivity contribution is 7.80. The first kappa shape index (κ1) is 15.7. The zero-order valence-electron chi connectivity index (χ0n) is 10.0. The predicted molar refractivity (Wildman–Crippen MR) is 84.5 cm³/mol. The molecule has 18 heavy (non-hydrogen) atoms. The van der Waals surface area contributed by atoms with E-state index < -0.39 is 0 Å². The lowest BCUT2D eigenvalue weighted by molar-refractivity contribution is 0.311. The minimum Gasteiger partial charge on any atom is -0.492 e. The fourth-order valence-corrected chi connectivity index (χ4v) is 1.56. The van der Waals surface area contributed by atoms with Crippen molar-refractivity contribution in [3.63, 3.8) is 0 Å². The number of hydrogen-bond acceptors (Lipinski definition) is 6. The lowest BCUT2D eigenvalue weighted by atomic mass is 10.3. The first-order chi connectivity index (χ1) is 8.80. The van der Waals surface area contributed by atoms with Crippen LogP contribution in [0.25, 0.3) is 0 Å². The maximum absolute atomic E-state index is 5.52. The molecule has 0 heterocycles. The molecule has 1 rings (SSSR count). The van der Waals surface area contributed by atoms with Gasteiger partial charge in [-0.05, 0) is 0 Å². The molecule has 0 saturated heterocycles. The molecule has 1 aromatic carbocycles. The molecule has 0 radical (unpaired) electrons. The minimum absolute atomic E-state index is 0.547. The molecule has 1 aromatic rings. The Morgan fingerprint density at radius 2 is 0.889 bits per heavy atom. The second kappa shape index (κ2) is 9.58. The van der Waals surface area contributed by atoms with E-state index in [9.17, 15) is 0 Å². The van der Waals surface area contributed by atoms with Gasteiger partial charge in [0.1, 0.15) is 17.2 Å². The van der Waals surface area contributed by atoms with Crippen molar-refractivity contribution in [1.82, 2.24) is 0 Å². The third-order valence-corrected chi connectivity index (χ3v) is 2.48. The fraction of sp³-hybridized carbons (Fsp3) is 0.500. The summed E-state index contributed by atoms with van der Waals surface area (Å²) >= 11 is 12.3. The van der Waals surface area contributed by atoms with Gasteiger partial charge in [-0.2, -0.15) is 37.9 Å². The summed E-state index contributed by atoms with van der Waals surface area (Å²) in [6, 6.07) is 5.50. The molecule has 0 aliphatic heterocycles. The number of hydrogen-bond donors (Lipinski definition) is 3. The lowest BCUT2D eigenvalue weighted by Gasteiger charge is -2.12. The molecule has 0 aliphatic carbocycles. The van der Waals surface area contributed by atoms with Crippen molar-refractivity contribution in [3.8, 4) is 17.2 Å². The van der Waals surface area contributed by atoms with Gasteiger partial charge in [0.05, 0.1) is 19.8 Å². The zero-order chi connectivity index (χ0) is 13.2. The Balaban J connectivity index is 2.74. The number of rotatable bonds is 9. The van der Waals surface area contributed by atoms with Crippen molar-refractivity contribution in [1.29, 1.82) is 0 Å². The number of thiol groups is 3. The van der Waals surface area contributed by atoms with Gasteiger partial charge in [0, 0.05) is 35.5 Å². The summed E-state index contributed by atoms with van der Waals surface area (Å²) in [5, 5.41) is 0. The van der Waals surface area contributed by atoms with Crippen LogP contribution in [0.2, 0.25) is 0 Å².